The Morgan fingerprint density at radius 3 is 2.70 bits per heavy atom. The van der Waals surface area contributed by atoms with Gasteiger partial charge in [-0.1, -0.05) is 30.3 Å². The van der Waals surface area contributed by atoms with Crippen LogP contribution in [-0.2, 0) is 11.3 Å². The molecule has 2 unspecified atom stereocenters. The van der Waals surface area contributed by atoms with Crippen LogP contribution in [0.2, 0.25) is 0 Å². The molecule has 1 heterocycles. The van der Waals surface area contributed by atoms with Crippen molar-refractivity contribution < 1.29 is 9.90 Å². The summed E-state index contributed by atoms with van der Waals surface area (Å²) < 4.78 is 0. The van der Waals surface area contributed by atoms with Gasteiger partial charge in [-0.3, -0.25) is 9.69 Å². The zero-order valence-electron chi connectivity index (χ0n) is 11.9. The van der Waals surface area contributed by atoms with Gasteiger partial charge >= 0.3 is 5.97 Å². The second kappa shape index (κ2) is 7.41. The van der Waals surface area contributed by atoms with Gasteiger partial charge in [0.15, 0.2) is 0 Å². The molecule has 0 aromatic heterocycles. The van der Waals surface area contributed by atoms with Gasteiger partial charge in [0.2, 0.25) is 0 Å². The van der Waals surface area contributed by atoms with E-state index in [1.165, 1.54) is 5.56 Å². The van der Waals surface area contributed by atoms with Crippen LogP contribution in [0.1, 0.15) is 24.8 Å². The molecule has 0 amide bonds. The Morgan fingerprint density at radius 2 is 2.05 bits per heavy atom. The molecule has 4 heteroatoms. The van der Waals surface area contributed by atoms with Crippen LogP contribution in [0.3, 0.4) is 0 Å². The van der Waals surface area contributed by atoms with Crippen molar-refractivity contribution in [1.29, 1.82) is 0 Å². The number of benzene rings is 1. The Balaban J connectivity index is 1.90. The topological polar surface area (TPSA) is 66.6 Å². The first-order valence-electron chi connectivity index (χ1n) is 7.40. The second-order valence-electron chi connectivity index (χ2n) is 5.63. The van der Waals surface area contributed by atoms with E-state index in [-0.39, 0.29) is 18.4 Å². The predicted molar refractivity (Wildman–Crippen MR) is 79.2 cm³/mol. The van der Waals surface area contributed by atoms with Crippen molar-refractivity contribution >= 4 is 5.97 Å². The van der Waals surface area contributed by atoms with Crippen LogP contribution >= 0.6 is 0 Å². The van der Waals surface area contributed by atoms with Crippen molar-refractivity contribution in [3.63, 3.8) is 0 Å². The van der Waals surface area contributed by atoms with E-state index in [4.69, 9.17) is 5.73 Å². The van der Waals surface area contributed by atoms with E-state index < -0.39 is 5.97 Å². The third-order valence-electron chi connectivity index (χ3n) is 4.25. The van der Waals surface area contributed by atoms with E-state index in [2.05, 4.69) is 29.2 Å². The van der Waals surface area contributed by atoms with Gasteiger partial charge in [-0.15, -0.1) is 0 Å². The molecule has 2 atom stereocenters. The Morgan fingerprint density at radius 1 is 1.30 bits per heavy atom. The number of nitrogens with two attached hydrogens (primary N) is 1. The molecular weight excluding hydrogens is 252 g/mol. The summed E-state index contributed by atoms with van der Waals surface area (Å²) in [5.74, 6) is -0.904. The number of rotatable bonds is 5. The predicted octanol–water partition coefficient (Wildman–Crippen LogP) is 1.95. The molecule has 0 aliphatic carbocycles. The van der Waals surface area contributed by atoms with Gasteiger partial charge in [0.1, 0.15) is 0 Å². The SMILES string of the molecule is NCC(C(=O)O)C1CCCN(Cc2ccccc2)CC1. The average molecular weight is 276 g/mol. The first-order chi connectivity index (χ1) is 9.70. The number of aliphatic carboxylic acids is 1. The summed E-state index contributed by atoms with van der Waals surface area (Å²) in [6.45, 7) is 3.21. The zero-order chi connectivity index (χ0) is 14.4. The summed E-state index contributed by atoms with van der Waals surface area (Å²) in [6, 6.07) is 10.4. The fourth-order valence-corrected chi connectivity index (χ4v) is 3.08. The fourth-order valence-electron chi connectivity index (χ4n) is 3.08. The molecule has 20 heavy (non-hydrogen) atoms. The van der Waals surface area contributed by atoms with E-state index in [1.54, 1.807) is 0 Å². The average Bonchev–Trinajstić information content (AvgIpc) is 2.66. The first kappa shape index (κ1) is 15.0. The van der Waals surface area contributed by atoms with Gasteiger partial charge in [0, 0.05) is 13.1 Å². The van der Waals surface area contributed by atoms with E-state index in [9.17, 15) is 9.90 Å². The number of carboxylic acid groups (broad SMARTS) is 1. The van der Waals surface area contributed by atoms with Crippen LogP contribution in [0.15, 0.2) is 30.3 Å². The Bertz CT molecular complexity index is 422. The molecule has 1 aromatic rings. The molecule has 1 aliphatic rings. The molecule has 1 aromatic carbocycles. The van der Waals surface area contributed by atoms with Crippen molar-refractivity contribution in [2.24, 2.45) is 17.6 Å². The molecule has 2 rings (SSSR count). The Kier molecular flexibility index (Phi) is 5.56. The van der Waals surface area contributed by atoms with Crippen LogP contribution in [0, 0.1) is 11.8 Å². The molecule has 4 nitrogen and oxygen atoms in total. The highest BCUT2D eigenvalue weighted by Gasteiger charge is 2.28. The van der Waals surface area contributed by atoms with Gasteiger partial charge in [0.05, 0.1) is 5.92 Å². The van der Waals surface area contributed by atoms with E-state index in [0.29, 0.717) is 0 Å². The summed E-state index contributed by atoms with van der Waals surface area (Å²) in [7, 11) is 0. The van der Waals surface area contributed by atoms with E-state index in [0.717, 1.165) is 38.9 Å². The fraction of sp³-hybridized carbons (Fsp3) is 0.562. The monoisotopic (exact) mass is 276 g/mol. The second-order valence-corrected chi connectivity index (χ2v) is 5.63. The Hall–Kier alpha value is -1.39. The number of carboxylic acids is 1. The third-order valence-corrected chi connectivity index (χ3v) is 4.25. The molecule has 3 N–H and O–H groups in total. The maximum Gasteiger partial charge on any atom is 0.308 e. The summed E-state index contributed by atoms with van der Waals surface area (Å²) >= 11 is 0. The van der Waals surface area contributed by atoms with Crippen LogP contribution < -0.4 is 5.73 Å². The third kappa shape index (κ3) is 4.05. The lowest BCUT2D eigenvalue weighted by molar-refractivity contribution is -0.143. The smallest absolute Gasteiger partial charge is 0.308 e. The molecule has 0 saturated carbocycles. The minimum atomic E-state index is -0.742. The van der Waals surface area contributed by atoms with Crippen LogP contribution in [0.4, 0.5) is 0 Å². The number of hydrogen-bond donors (Lipinski definition) is 2. The summed E-state index contributed by atoms with van der Waals surface area (Å²) in [4.78, 5) is 13.6. The van der Waals surface area contributed by atoms with Crippen LogP contribution in [0.5, 0.6) is 0 Å². The molecule has 0 bridgehead atoms. The van der Waals surface area contributed by atoms with Gasteiger partial charge in [0.25, 0.3) is 0 Å². The van der Waals surface area contributed by atoms with E-state index >= 15 is 0 Å². The first-order valence-corrected chi connectivity index (χ1v) is 7.40. The number of nitrogens with zero attached hydrogens (tertiary/aromatic N) is 1. The van der Waals surface area contributed by atoms with Gasteiger partial charge in [-0.25, -0.2) is 0 Å². The molecule has 1 saturated heterocycles. The molecule has 0 spiro atoms. The van der Waals surface area contributed by atoms with Gasteiger partial charge < -0.3 is 10.8 Å². The van der Waals surface area contributed by atoms with Gasteiger partial charge in [-0.05, 0) is 43.8 Å². The summed E-state index contributed by atoms with van der Waals surface area (Å²) in [6.07, 6.45) is 2.96. The quantitative estimate of drug-likeness (QED) is 0.862. The maximum atomic E-state index is 11.2. The van der Waals surface area contributed by atoms with Crippen molar-refractivity contribution in [3.8, 4) is 0 Å². The number of carbonyl (C=O) groups is 1. The molecular formula is C16H24N2O2. The highest BCUT2D eigenvalue weighted by molar-refractivity contribution is 5.70. The van der Waals surface area contributed by atoms with Crippen LogP contribution in [0.25, 0.3) is 0 Å². The molecule has 110 valence electrons. The zero-order valence-corrected chi connectivity index (χ0v) is 11.9. The van der Waals surface area contributed by atoms with Crippen molar-refractivity contribution in [2.45, 2.75) is 25.8 Å². The minimum absolute atomic E-state index is 0.221. The number of hydrogen-bond acceptors (Lipinski definition) is 3. The Labute approximate surface area is 120 Å². The van der Waals surface area contributed by atoms with Gasteiger partial charge in [-0.2, -0.15) is 0 Å². The lowest BCUT2D eigenvalue weighted by Gasteiger charge is -2.22. The lowest BCUT2D eigenvalue weighted by atomic mass is 9.86. The van der Waals surface area contributed by atoms with Crippen LogP contribution in [-0.4, -0.2) is 35.6 Å². The summed E-state index contributed by atoms with van der Waals surface area (Å²) in [5.41, 5.74) is 6.94. The minimum Gasteiger partial charge on any atom is -0.481 e. The summed E-state index contributed by atoms with van der Waals surface area (Å²) in [5, 5.41) is 9.22. The van der Waals surface area contributed by atoms with E-state index in [1.807, 2.05) is 6.07 Å². The molecule has 1 aliphatic heterocycles. The highest BCUT2D eigenvalue weighted by Crippen LogP contribution is 2.25. The molecule has 0 radical (unpaired) electrons. The normalized spacial score (nSPS) is 22.1. The highest BCUT2D eigenvalue weighted by atomic mass is 16.4. The number of likely N-dealkylation sites (tertiary alicyclic amines) is 1. The largest absolute Gasteiger partial charge is 0.481 e. The molecule has 1 fully saturated rings. The van der Waals surface area contributed by atoms with Crippen molar-refractivity contribution in [2.75, 3.05) is 19.6 Å². The van der Waals surface area contributed by atoms with Crippen molar-refractivity contribution in [1.82, 2.24) is 4.90 Å². The maximum absolute atomic E-state index is 11.2. The standard InChI is InChI=1S/C16H24N2O2/c17-11-15(16(19)20)14-7-4-9-18(10-8-14)12-13-5-2-1-3-6-13/h1-3,5-6,14-15H,4,7-12,17H2,(H,19,20). The lowest BCUT2D eigenvalue weighted by Crippen LogP contribution is -2.31. The van der Waals surface area contributed by atoms with Crippen molar-refractivity contribution in [3.05, 3.63) is 35.9 Å².